The molecule has 114 valence electrons. The van der Waals surface area contributed by atoms with Crippen molar-refractivity contribution in [3.8, 4) is 0 Å². The highest BCUT2D eigenvalue weighted by Crippen LogP contribution is 2.32. The summed E-state index contributed by atoms with van der Waals surface area (Å²) in [5.74, 6) is -0.410. The number of hydrogen-bond acceptors (Lipinski definition) is 3. The van der Waals surface area contributed by atoms with Gasteiger partial charge in [0.05, 0.1) is 12.5 Å². The predicted octanol–water partition coefficient (Wildman–Crippen LogP) is 2.49. The number of Topliss-reactive ketones (excluding diaryl/α,β-unsaturated/α-hetero) is 2. The average Bonchev–Trinajstić information content (AvgIpc) is 2.80. The van der Waals surface area contributed by atoms with E-state index in [1.807, 2.05) is 35.8 Å². The Morgan fingerprint density at radius 3 is 2.86 bits per heavy atom. The zero-order chi connectivity index (χ0) is 15.7. The van der Waals surface area contributed by atoms with Crippen molar-refractivity contribution in [3.63, 3.8) is 0 Å². The molecule has 0 aliphatic carbocycles. The van der Waals surface area contributed by atoms with Gasteiger partial charge in [-0.25, -0.2) is 0 Å². The number of carbonyl (C=O) groups excluding carboxylic acids is 3. The third kappa shape index (κ3) is 2.39. The average molecular weight is 297 g/mol. The van der Waals surface area contributed by atoms with Crippen LogP contribution in [0.2, 0.25) is 0 Å². The Bertz CT molecular complexity index is 757. The second-order valence-corrected chi connectivity index (χ2v) is 5.91. The summed E-state index contributed by atoms with van der Waals surface area (Å²) < 4.78 is 1.98. The zero-order valence-corrected chi connectivity index (χ0v) is 12.7. The van der Waals surface area contributed by atoms with Gasteiger partial charge in [0.1, 0.15) is 12.1 Å². The SMILES string of the molecule is CCCC(=O)Cc1c2n(c3ccccc13)CC(=O)C(C=O)C2. The maximum atomic E-state index is 12.1. The first-order chi connectivity index (χ1) is 10.7. The van der Waals surface area contributed by atoms with Crippen molar-refractivity contribution in [1.82, 2.24) is 4.57 Å². The summed E-state index contributed by atoms with van der Waals surface area (Å²) in [5.41, 5.74) is 2.95. The van der Waals surface area contributed by atoms with E-state index in [1.54, 1.807) is 0 Å². The highest BCUT2D eigenvalue weighted by atomic mass is 16.1. The Morgan fingerprint density at radius 2 is 2.14 bits per heavy atom. The lowest BCUT2D eigenvalue weighted by atomic mass is 9.92. The molecule has 0 amide bonds. The molecule has 4 heteroatoms. The van der Waals surface area contributed by atoms with Crippen LogP contribution in [-0.4, -0.2) is 22.4 Å². The number of ketones is 2. The molecule has 1 aliphatic rings. The molecule has 1 aromatic carbocycles. The normalized spacial score (nSPS) is 17.5. The third-order valence-electron chi connectivity index (χ3n) is 4.40. The molecule has 0 spiro atoms. The van der Waals surface area contributed by atoms with Gasteiger partial charge < -0.3 is 9.36 Å². The summed E-state index contributed by atoms with van der Waals surface area (Å²) in [4.78, 5) is 35.3. The van der Waals surface area contributed by atoms with E-state index in [2.05, 4.69) is 0 Å². The molecule has 1 atom stereocenters. The Hall–Kier alpha value is -2.23. The molecule has 0 N–H and O–H groups in total. The molecular formula is C18H19NO3. The number of fused-ring (bicyclic) bond motifs is 3. The minimum absolute atomic E-state index is 0.0466. The number of carbonyl (C=O) groups is 3. The third-order valence-corrected chi connectivity index (χ3v) is 4.40. The minimum atomic E-state index is -0.572. The van der Waals surface area contributed by atoms with Crippen LogP contribution >= 0.6 is 0 Å². The van der Waals surface area contributed by atoms with Crippen molar-refractivity contribution in [2.24, 2.45) is 5.92 Å². The monoisotopic (exact) mass is 297 g/mol. The van der Waals surface area contributed by atoms with Gasteiger partial charge in [0, 0.05) is 35.9 Å². The molecule has 0 fully saturated rings. The van der Waals surface area contributed by atoms with E-state index < -0.39 is 5.92 Å². The van der Waals surface area contributed by atoms with E-state index in [0.717, 1.165) is 34.9 Å². The summed E-state index contributed by atoms with van der Waals surface area (Å²) in [6.07, 6.45) is 2.93. The molecule has 0 saturated heterocycles. The van der Waals surface area contributed by atoms with E-state index in [1.165, 1.54) is 0 Å². The van der Waals surface area contributed by atoms with Crippen LogP contribution < -0.4 is 0 Å². The van der Waals surface area contributed by atoms with Gasteiger partial charge in [-0.1, -0.05) is 25.1 Å². The molecule has 1 aliphatic heterocycles. The van der Waals surface area contributed by atoms with Gasteiger partial charge >= 0.3 is 0 Å². The Labute approximate surface area is 129 Å². The van der Waals surface area contributed by atoms with Crippen molar-refractivity contribution >= 4 is 28.8 Å². The highest BCUT2D eigenvalue weighted by molar-refractivity contribution is 5.98. The Morgan fingerprint density at radius 1 is 1.36 bits per heavy atom. The Balaban J connectivity index is 2.12. The molecule has 2 heterocycles. The van der Waals surface area contributed by atoms with Gasteiger partial charge in [-0.2, -0.15) is 0 Å². The lowest BCUT2D eigenvalue weighted by Crippen LogP contribution is -2.30. The molecule has 1 aromatic heterocycles. The maximum absolute atomic E-state index is 12.1. The van der Waals surface area contributed by atoms with Crippen molar-refractivity contribution < 1.29 is 14.4 Å². The second kappa shape index (κ2) is 5.87. The number of hydrogen-bond donors (Lipinski definition) is 0. The first-order valence-corrected chi connectivity index (χ1v) is 7.74. The van der Waals surface area contributed by atoms with Crippen LogP contribution in [0.25, 0.3) is 10.9 Å². The van der Waals surface area contributed by atoms with Crippen molar-refractivity contribution in [3.05, 3.63) is 35.5 Å². The molecule has 22 heavy (non-hydrogen) atoms. The molecule has 0 bridgehead atoms. The summed E-state index contributed by atoms with van der Waals surface area (Å²) in [5, 5.41) is 1.03. The molecule has 4 nitrogen and oxygen atoms in total. The van der Waals surface area contributed by atoms with E-state index in [0.29, 0.717) is 19.3 Å². The minimum Gasteiger partial charge on any atom is -0.337 e. The summed E-state index contributed by atoms with van der Waals surface area (Å²) in [6, 6.07) is 7.85. The summed E-state index contributed by atoms with van der Waals surface area (Å²) >= 11 is 0. The molecule has 0 saturated carbocycles. The number of para-hydroxylation sites is 1. The number of nitrogens with zero attached hydrogens (tertiary/aromatic N) is 1. The van der Waals surface area contributed by atoms with Gasteiger partial charge in [0.2, 0.25) is 0 Å². The lowest BCUT2D eigenvalue weighted by molar-refractivity contribution is -0.128. The largest absolute Gasteiger partial charge is 0.337 e. The quantitative estimate of drug-likeness (QED) is 0.629. The van der Waals surface area contributed by atoms with Crippen LogP contribution in [0.4, 0.5) is 0 Å². The predicted molar refractivity (Wildman–Crippen MR) is 83.8 cm³/mol. The highest BCUT2D eigenvalue weighted by Gasteiger charge is 2.30. The van der Waals surface area contributed by atoms with Gasteiger partial charge in [-0.15, -0.1) is 0 Å². The van der Waals surface area contributed by atoms with Crippen molar-refractivity contribution in [2.75, 3.05) is 0 Å². The fourth-order valence-corrected chi connectivity index (χ4v) is 3.32. The number of aldehydes is 1. The van der Waals surface area contributed by atoms with E-state index >= 15 is 0 Å². The Kier molecular flexibility index (Phi) is 3.92. The summed E-state index contributed by atoms with van der Waals surface area (Å²) in [6.45, 7) is 2.22. The molecule has 1 unspecified atom stereocenters. The first-order valence-electron chi connectivity index (χ1n) is 7.74. The number of benzene rings is 1. The zero-order valence-electron chi connectivity index (χ0n) is 12.7. The van der Waals surface area contributed by atoms with Crippen molar-refractivity contribution in [2.45, 2.75) is 39.2 Å². The second-order valence-electron chi connectivity index (χ2n) is 5.91. The fraction of sp³-hybridized carbons (Fsp3) is 0.389. The fourth-order valence-electron chi connectivity index (χ4n) is 3.32. The molecule has 3 rings (SSSR count). The van der Waals surface area contributed by atoms with Crippen LogP contribution in [0, 0.1) is 5.92 Å². The molecular weight excluding hydrogens is 278 g/mol. The van der Waals surface area contributed by atoms with E-state index in [-0.39, 0.29) is 18.1 Å². The van der Waals surface area contributed by atoms with Gasteiger partial charge in [0.25, 0.3) is 0 Å². The first kappa shape index (κ1) is 14.7. The van der Waals surface area contributed by atoms with Gasteiger partial charge in [0.15, 0.2) is 5.78 Å². The summed E-state index contributed by atoms with van der Waals surface area (Å²) in [7, 11) is 0. The van der Waals surface area contributed by atoms with Gasteiger partial charge in [-0.3, -0.25) is 9.59 Å². The van der Waals surface area contributed by atoms with Crippen LogP contribution in [0.1, 0.15) is 31.0 Å². The van der Waals surface area contributed by atoms with Gasteiger partial charge in [-0.05, 0) is 18.1 Å². The van der Waals surface area contributed by atoms with E-state index in [4.69, 9.17) is 0 Å². The topological polar surface area (TPSA) is 56.1 Å². The van der Waals surface area contributed by atoms with Crippen LogP contribution in [0.5, 0.6) is 0 Å². The lowest BCUT2D eigenvalue weighted by Gasteiger charge is -2.21. The maximum Gasteiger partial charge on any atom is 0.163 e. The standard InChI is InChI=1S/C18H19NO3/c1-2-5-13(21)9-15-14-6-3-4-7-16(14)19-10-18(22)12(11-20)8-17(15)19/h3-4,6-7,11-12H,2,5,8-10H2,1H3. The number of rotatable bonds is 5. The molecule has 2 aromatic rings. The van der Waals surface area contributed by atoms with Crippen LogP contribution in [0.15, 0.2) is 24.3 Å². The van der Waals surface area contributed by atoms with Crippen LogP contribution in [-0.2, 0) is 33.8 Å². The van der Waals surface area contributed by atoms with Crippen LogP contribution in [0.3, 0.4) is 0 Å². The van der Waals surface area contributed by atoms with Crippen molar-refractivity contribution in [1.29, 1.82) is 0 Å². The smallest absolute Gasteiger partial charge is 0.163 e. The number of aromatic nitrogens is 1. The van der Waals surface area contributed by atoms with E-state index in [9.17, 15) is 14.4 Å². The molecule has 0 radical (unpaired) electrons.